The first kappa shape index (κ1) is 34.2. The maximum absolute atomic E-state index is 14.5. The number of hydrogen-bond donors (Lipinski definition) is 1. The van der Waals surface area contributed by atoms with E-state index in [0.29, 0.717) is 6.54 Å². The standard InChI is InChI=1S/C35H37BrClN3O4S/c1-25(2)22-38-35(42)33(21-27-10-5-4-6-11-27)39(23-28-12-9-13-29(36)20-28)34(41)24-40(32-15-8-7-14-31(32)37)45(43,44)30-18-16-26(3)17-19-30/h4-20,25,33H,21-24H2,1-3H3,(H,38,42). The van der Waals surface area contributed by atoms with Gasteiger partial charge in [0.1, 0.15) is 12.6 Å². The van der Waals surface area contributed by atoms with Crippen molar-refractivity contribution < 1.29 is 18.0 Å². The number of rotatable bonds is 13. The van der Waals surface area contributed by atoms with Gasteiger partial charge in [0, 0.05) is 24.0 Å². The second-order valence-electron chi connectivity index (χ2n) is 11.3. The fourth-order valence-electron chi connectivity index (χ4n) is 4.81. The molecule has 2 amide bonds. The lowest BCUT2D eigenvalue weighted by molar-refractivity contribution is -0.140. The number of hydrogen-bond acceptors (Lipinski definition) is 4. The van der Waals surface area contributed by atoms with Gasteiger partial charge in [-0.15, -0.1) is 0 Å². The molecule has 0 fully saturated rings. The first-order valence-corrected chi connectivity index (χ1v) is 17.3. The van der Waals surface area contributed by atoms with Crippen molar-refractivity contribution in [3.05, 3.63) is 129 Å². The summed E-state index contributed by atoms with van der Waals surface area (Å²) in [7, 11) is -4.23. The third kappa shape index (κ3) is 9.19. The molecule has 0 aliphatic carbocycles. The first-order valence-electron chi connectivity index (χ1n) is 14.6. The molecular formula is C35H37BrClN3O4S. The van der Waals surface area contributed by atoms with Gasteiger partial charge in [-0.1, -0.05) is 114 Å². The summed E-state index contributed by atoms with van der Waals surface area (Å²) < 4.78 is 30.1. The summed E-state index contributed by atoms with van der Waals surface area (Å²) in [5.41, 5.74) is 2.70. The van der Waals surface area contributed by atoms with Crippen LogP contribution in [0.15, 0.2) is 112 Å². The quantitative estimate of drug-likeness (QED) is 0.162. The Kier molecular flexibility index (Phi) is 11.8. The first-order chi connectivity index (χ1) is 21.5. The number of benzene rings is 4. The SMILES string of the molecule is Cc1ccc(S(=O)(=O)N(CC(=O)N(Cc2cccc(Br)c2)C(Cc2ccccc2)C(=O)NCC(C)C)c2ccccc2Cl)cc1. The Labute approximate surface area is 279 Å². The molecule has 7 nitrogen and oxygen atoms in total. The van der Waals surface area contributed by atoms with Crippen LogP contribution in [0, 0.1) is 12.8 Å². The van der Waals surface area contributed by atoms with Crippen LogP contribution in [-0.2, 0) is 32.6 Å². The summed E-state index contributed by atoms with van der Waals surface area (Å²) >= 11 is 10.0. The lowest BCUT2D eigenvalue weighted by atomic mass is 10.0. The fraction of sp³-hybridized carbons (Fsp3) is 0.257. The summed E-state index contributed by atoms with van der Waals surface area (Å²) in [6.07, 6.45) is 0.237. The van der Waals surface area contributed by atoms with Gasteiger partial charge in [0.25, 0.3) is 10.0 Å². The summed E-state index contributed by atoms with van der Waals surface area (Å²) in [5, 5.41) is 3.17. The van der Waals surface area contributed by atoms with E-state index in [1.807, 2.05) is 75.4 Å². The van der Waals surface area contributed by atoms with E-state index in [2.05, 4.69) is 21.2 Å². The number of anilines is 1. The largest absolute Gasteiger partial charge is 0.354 e. The molecule has 0 bridgehead atoms. The van der Waals surface area contributed by atoms with Crippen molar-refractivity contribution in [1.29, 1.82) is 0 Å². The van der Waals surface area contributed by atoms with Crippen LogP contribution in [0.4, 0.5) is 5.69 Å². The van der Waals surface area contributed by atoms with Crippen LogP contribution in [0.5, 0.6) is 0 Å². The molecule has 1 unspecified atom stereocenters. The molecule has 4 rings (SSSR count). The van der Waals surface area contributed by atoms with E-state index in [-0.39, 0.29) is 40.4 Å². The van der Waals surface area contributed by atoms with E-state index in [0.717, 1.165) is 25.5 Å². The van der Waals surface area contributed by atoms with E-state index in [1.165, 1.54) is 17.0 Å². The number of aryl methyl sites for hydroxylation is 1. The predicted octanol–water partition coefficient (Wildman–Crippen LogP) is 7.02. The van der Waals surface area contributed by atoms with Crippen LogP contribution in [0.3, 0.4) is 0 Å². The van der Waals surface area contributed by atoms with Gasteiger partial charge in [-0.05, 0) is 60.4 Å². The number of carbonyl (C=O) groups excluding carboxylic acids is 2. The summed E-state index contributed by atoms with van der Waals surface area (Å²) in [4.78, 5) is 29.9. The number of para-hydroxylation sites is 1. The molecule has 1 atom stereocenters. The van der Waals surface area contributed by atoms with Crippen molar-refractivity contribution in [3.63, 3.8) is 0 Å². The second-order valence-corrected chi connectivity index (χ2v) is 14.5. The maximum Gasteiger partial charge on any atom is 0.264 e. The van der Waals surface area contributed by atoms with Crippen molar-refractivity contribution in [2.75, 3.05) is 17.4 Å². The van der Waals surface area contributed by atoms with Crippen molar-refractivity contribution in [1.82, 2.24) is 10.2 Å². The Morgan fingerprint density at radius 1 is 0.867 bits per heavy atom. The van der Waals surface area contributed by atoms with Crippen LogP contribution in [0.25, 0.3) is 0 Å². The Morgan fingerprint density at radius 3 is 2.16 bits per heavy atom. The van der Waals surface area contributed by atoms with Crippen molar-refractivity contribution in [2.24, 2.45) is 5.92 Å². The van der Waals surface area contributed by atoms with E-state index in [9.17, 15) is 18.0 Å². The van der Waals surface area contributed by atoms with Crippen molar-refractivity contribution in [3.8, 4) is 0 Å². The van der Waals surface area contributed by atoms with E-state index in [4.69, 9.17) is 11.6 Å². The number of carbonyl (C=O) groups is 2. The molecule has 0 aliphatic heterocycles. The molecule has 236 valence electrons. The van der Waals surface area contributed by atoms with Crippen LogP contribution in [0.2, 0.25) is 5.02 Å². The third-order valence-electron chi connectivity index (χ3n) is 7.21. The van der Waals surface area contributed by atoms with Crippen molar-refractivity contribution >= 4 is 55.1 Å². The lowest BCUT2D eigenvalue weighted by Gasteiger charge is -2.34. The van der Waals surface area contributed by atoms with Gasteiger partial charge in [-0.25, -0.2) is 8.42 Å². The van der Waals surface area contributed by atoms with Crippen LogP contribution < -0.4 is 9.62 Å². The number of sulfonamides is 1. The topological polar surface area (TPSA) is 86.8 Å². The Morgan fingerprint density at radius 2 is 1.51 bits per heavy atom. The van der Waals surface area contributed by atoms with E-state index in [1.54, 1.807) is 36.4 Å². The van der Waals surface area contributed by atoms with Gasteiger partial charge < -0.3 is 10.2 Å². The van der Waals surface area contributed by atoms with Crippen molar-refractivity contribution in [2.45, 2.75) is 44.7 Å². The molecule has 0 saturated heterocycles. The zero-order valence-electron chi connectivity index (χ0n) is 25.5. The zero-order valence-corrected chi connectivity index (χ0v) is 28.6. The minimum absolute atomic E-state index is 0.0230. The molecule has 1 N–H and O–H groups in total. The monoisotopic (exact) mass is 709 g/mol. The van der Waals surface area contributed by atoms with Gasteiger partial charge in [-0.3, -0.25) is 13.9 Å². The molecule has 0 heterocycles. The normalized spacial score (nSPS) is 12.0. The molecule has 4 aromatic carbocycles. The Bertz CT molecular complexity index is 1720. The number of amides is 2. The molecule has 0 aromatic heterocycles. The number of halogens is 2. The van der Waals surface area contributed by atoms with Gasteiger partial charge in [-0.2, -0.15) is 0 Å². The van der Waals surface area contributed by atoms with Gasteiger partial charge in [0.2, 0.25) is 11.8 Å². The van der Waals surface area contributed by atoms with Gasteiger partial charge >= 0.3 is 0 Å². The van der Waals surface area contributed by atoms with E-state index < -0.39 is 28.5 Å². The molecule has 0 aliphatic rings. The minimum Gasteiger partial charge on any atom is -0.354 e. The van der Waals surface area contributed by atoms with Gasteiger partial charge in [0.15, 0.2) is 0 Å². The lowest BCUT2D eigenvalue weighted by Crippen LogP contribution is -2.53. The third-order valence-corrected chi connectivity index (χ3v) is 9.79. The predicted molar refractivity (Wildman–Crippen MR) is 184 cm³/mol. The smallest absolute Gasteiger partial charge is 0.264 e. The molecule has 45 heavy (non-hydrogen) atoms. The Hall–Kier alpha value is -3.66. The number of nitrogens with one attached hydrogen (secondary N) is 1. The maximum atomic E-state index is 14.5. The fourth-order valence-corrected chi connectivity index (χ4v) is 6.98. The summed E-state index contributed by atoms with van der Waals surface area (Å²) in [6.45, 7) is 5.78. The highest BCUT2D eigenvalue weighted by Crippen LogP contribution is 2.31. The Balaban J connectivity index is 1.81. The molecule has 4 aromatic rings. The number of nitrogens with zero attached hydrogens (tertiary/aromatic N) is 2. The molecule has 0 radical (unpaired) electrons. The molecule has 0 spiro atoms. The highest BCUT2D eigenvalue weighted by atomic mass is 79.9. The summed E-state index contributed by atoms with van der Waals surface area (Å²) in [6, 6.07) is 28.9. The highest BCUT2D eigenvalue weighted by molar-refractivity contribution is 9.10. The molecule has 0 saturated carbocycles. The van der Waals surface area contributed by atoms with Crippen LogP contribution in [-0.4, -0.2) is 44.3 Å². The molecular weight excluding hydrogens is 674 g/mol. The van der Waals surface area contributed by atoms with Gasteiger partial charge in [0.05, 0.1) is 15.6 Å². The highest BCUT2D eigenvalue weighted by Gasteiger charge is 2.35. The second kappa shape index (κ2) is 15.6. The summed E-state index contributed by atoms with van der Waals surface area (Å²) in [5.74, 6) is -0.677. The molecule has 10 heteroatoms. The van der Waals surface area contributed by atoms with Crippen LogP contribution in [0.1, 0.15) is 30.5 Å². The zero-order chi connectivity index (χ0) is 32.6. The van der Waals surface area contributed by atoms with Crippen LogP contribution >= 0.6 is 27.5 Å². The average Bonchev–Trinajstić information content (AvgIpc) is 3.01. The minimum atomic E-state index is -4.23. The average molecular weight is 711 g/mol. The van der Waals surface area contributed by atoms with E-state index >= 15 is 0 Å².